The van der Waals surface area contributed by atoms with Crippen molar-refractivity contribution in [1.82, 2.24) is 9.88 Å². The van der Waals surface area contributed by atoms with E-state index in [2.05, 4.69) is 22.4 Å². The van der Waals surface area contributed by atoms with E-state index in [0.717, 1.165) is 37.6 Å². The molecule has 1 atom stereocenters. The predicted octanol–water partition coefficient (Wildman–Crippen LogP) is 2.84. The van der Waals surface area contributed by atoms with E-state index in [0.29, 0.717) is 11.6 Å². The molecule has 0 unspecified atom stereocenters. The lowest BCUT2D eigenvalue weighted by Gasteiger charge is -2.16. The monoisotopic (exact) mass is 325 g/mol. The summed E-state index contributed by atoms with van der Waals surface area (Å²) in [6, 6.07) is 13.7. The number of carbonyl (C=O) groups excluding carboxylic acids is 1. The molecular formula is C19H23N3O2. The van der Waals surface area contributed by atoms with Crippen LogP contribution in [-0.2, 0) is 6.42 Å². The van der Waals surface area contributed by atoms with Gasteiger partial charge in [-0.1, -0.05) is 24.3 Å². The Kier molecular flexibility index (Phi) is 4.99. The largest absolute Gasteiger partial charge is 0.493 e. The van der Waals surface area contributed by atoms with Gasteiger partial charge in [0.25, 0.3) is 5.91 Å². The molecule has 5 heteroatoms. The van der Waals surface area contributed by atoms with Gasteiger partial charge in [-0.05, 0) is 42.5 Å². The van der Waals surface area contributed by atoms with E-state index in [1.54, 1.807) is 20.2 Å². The van der Waals surface area contributed by atoms with Crippen LogP contribution < -0.4 is 10.1 Å². The summed E-state index contributed by atoms with van der Waals surface area (Å²) < 4.78 is 5.81. The second-order valence-electron chi connectivity index (χ2n) is 6.30. The molecule has 3 rings (SSSR count). The highest BCUT2D eigenvalue weighted by molar-refractivity contribution is 5.92. The zero-order chi connectivity index (χ0) is 16.9. The standard InChI is InChI=1S/C19H23N3O2/c1-22(2)19(23)16-7-5-9-18(21-16)20-13-14-10-11-24-17-8-4-3-6-15(17)12-14/h3-9,14H,10-13H2,1-2H3,(H,20,21)/t14-/m1/s1. The van der Waals surface area contributed by atoms with Gasteiger partial charge in [0, 0.05) is 20.6 Å². The maximum absolute atomic E-state index is 12.0. The molecule has 1 amide bonds. The lowest BCUT2D eigenvalue weighted by molar-refractivity contribution is 0.0822. The van der Waals surface area contributed by atoms with Crippen molar-refractivity contribution < 1.29 is 9.53 Å². The van der Waals surface area contributed by atoms with Crippen molar-refractivity contribution in [2.45, 2.75) is 12.8 Å². The quantitative estimate of drug-likeness (QED) is 0.939. The van der Waals surface area contributed by atoms with Crippen LogP contribution in [0.25, 0.3) is 0 Å². The molecule has 1 aliphatic heterocycles. The average molecular weight is 325 g/mol. The number of ether oxygens (including phenoxy) is 1. The Morgan fingerprint density at radius 2 is 2.08 bits per heavy atom. The Morgan fingerprint density at radius 3 is 2.92 bits per heavy atom. The minimum Gasteiger partial charge on any atom is -0.493 e. The van der Waals surface area contributed by atoms with Crippen molar-refractivity contribution >= 4 is 11.7 Å². The SMILES string of the molecule is CN(C)C(=O)c1cccc(NC[C@@H]2CCOc3ccccc3C2)n1. The molecule has 5 nitrogen and oxygen atoms in total. The van der Waals surface area contributed by atoms with Crippen LogP contribution in [0, 0.1) is 5.92 Å². The van der Waals surface area contributed by atoms with Gasteiger partial charge in [-0.3, -0.25) is 4.79 Å². The molecule has 0 fully saturated rings. The smallest absolute Gasteiger partial charge is 0.272 e. The maximum Gasteiger partial charge on any atom is 0.272 e. The minimum atomic E-state index is -0.0876. The van der Waals surface area contributed by atoms with Gasteiger partial charge in [0.15, 0.2) is 0 Å². The number of amides is 1. The normalized spacial score (nSPS) is 16.5. The van der Waals surface area contributed by atoms with Gasteiger partial charge >= 0.3 is 0 Å². The Bertz CT molecular complexity index is 715. The van der Waals surface area contributed by atoms with Gasteiger partial charge in [0.05, 0.1) is 6.61 Å². The molecule has 1 aliphatic rings. The fourth-order valence-electron chi connectivity index (χ4n) is 2.87. The van der Waals surface area contributed by atoms with Gasteiger partial charge in [0.1, 0.15) is 17.3 Å². The fraction of sp³-hybridized carbons (Fsp3) is 0.368. The first kappa shape index (κ1) is 16.3. The Morgan fingerprint density at radius 1 is 1.25 bits per heavy atom. The maximum atomic E-state index is 12.0. The molecule has 0 saturated heterocycles. The van der Waals surface area contributed by atoms with Crippen molar-refractivity contribution in [3.8, 4) is 5.75 Å². The number of fused-ring (bicyclic) bond motifs is 1. The number of nitrogens with zero attached hydrogens (tertiary/aromatic N) is 2. The third kappa shape index (κ3) is 3.85. The Hall–Kier alpha value is -2.56. The molecule has 24 heavy (non-hydrogen) atoms. The molecule has 0 bridgehead atoms. The number of nitrogens with one attached hydrogen (secondary N) is 1. The molecule has 0 saturated carbocycles. The van der Waals surface area contributed by atoms with Gasteiger partial charge in [-0.25, -0.2) is 4.98 Å². The van der Waals surface area contributed by atoms with Crippen LogP contribution in [0.5, 0.6) is 5.75 Å². The molecular weight excluding hydrogens is 302 g/mol. The highest BCUT2D eigenvalue weighted by Crippen LogP contribution is 2.26. The number of hydrogen-bond donors (Lipinski definition) is 1. The number of carbonyl (C=O) groups is 1. The van der Waals surface area contributed by atoms with Crippen molar-refractivity contribution in [2.75, 3.05) is 32.6 Å². The number of pyridine rings is 1. The number of hydrogen-bond acceptors (Lipinski definition) is 4. The summed E-state index contributed by atoms with van der Waals surface area (Å²) in [4.78, 5) is 18.0. The van der Waals surface area contributed by atoms with Gasteiger partial charge in [0.2, 0.25) is 0 Å². The van der Waals surface area contributed by atoms with Gasteiger partial charge < -0.3 is 15.0 Å². The highest BCUT2D eigenvalue weighted by Gasteiger charge is 2.17. The van der Waals surface area contributed by atoms with Gasteiger partial charge in [-0.15, -0.1) is 0 Å². The first-order valence-corrected chi connectivity index (χ1v) is 8.27. The summed E-state index contributed by atoms with van der Waals surface area (Å²) in [5, 5.41) is 3.37. The Balaban J connectivity index is 1.64. The van der Waals surface area contributed by atoms with Crippen LogP contribution in [0.15, 0.2) is 42.5 Å². The lowest BCUT2D eigenvalue weighted by atomic mass is 9.97. The van der Waals surface area contributed by atoms with E-state index in [-0.39, 0.29) is 5.91 Å². The molecule has 2 heterocycles. The van der Waals surface area contributed by atoms with E-state index in [1.807, 2.05) is 24.3 Å². The lowest BCUT2D eigenvalue weighted by Crippen LogP contribution is -2.23. The van der Waals surface area contributed by atoms with Crippen molar-refractivity contribution in [1.29, 1.82) is 0 Å². The number of aromatic nitrogens is 1. The highest BCUT2D eigenvalue weighted by atomic mass is 16.5. The zero-order valence-electron chi connectivity index (χ0n) is 14.2. The van der Waals surface area contributed by atoms with Crippen molar-refractivity contribution in [3.63, 3.8) is 0 Å². The first-order valence-electron chi connectivity index (χ1n) is 8.27. The third-order valence-corrected chi connectivity index (χ3v) is 4.21. The van der Waals surface area contributed by atoms with Crippen LogP contribution in [0.3, 0.4) is 0 Å². The summed E-state index contributed by atoms with van der Waals surface area (Å²) in [7, 11) is 3.46. The Labute approximate surface area is 142 Å². The fourth-order valence-corrected chi connectivity index (χ4v) is 2.87. The number of para-hydroxylation sites is 1. The summed E-state index contributed by atoms with van der Waals surface area (Å²) in [5.74, 6) is 2.12. The van der Waals surface area contributed by atoms with E-state index in [1.165, 1.54) is 10.5 Å². The van der Waals surface area contributed by atoms with Crippen molar-refractivity contribution in [2.24, 2.45) is 5.92 Å². The van der Waals surface area contributed by atoms with Gasteiger partial charge in [-0.2, -0.15) is 0 Å². The summed E-state index contributed by atoms with van der Waals surface area (Å²) in [6.07, 6.45) is 1.98. The number of anilines is 1. The topological polar surface area (TPSA) is 54.5 Å². The zero-order valence-corrected chi connectivity index (χ0v) is 14.2. The van der Waals surface area contributed by atoms with Crippen LogP contribution in [0.4, 0.5) is 5.82 Å². The van der Waals surface area contributed by atoms with E-state index in [4.69, 9.17) is 4.74 Å². The van der Waals surface area contributed by atoms with Crippen molar-refractivity contribution in [3.05, 3.63) is 53.7 Å². The summed E-state index contributed by atoms with van der Waals surface area (Å²) in [6.45, 7) is 1.54. The number of benzene rings is 1. The first-order chi connectivity index (χ1) is 11.6. The molecule has 126 valence electrons. The predicted molar refractivity (Wildman–Crippen MR) is 94.5 cm³/mol. The summed E-state index contributed by atoms with van der Waals surface area (Å²) >= 11 is 0. The molecule has 1 aromatic carbocycles. The molecule has 1 aromatic heterocycles. The number of rotatable bonds is 4. The second-order valence-corrected chi connectivity index (χ2v) is 6.30. The van der Waals surface area contributed by atoms with Crippen LogP contribution in [0.2, 0.25) is 0 Å². The molecule has 0 radical (unpaired) electrons. The van der Waals surface area contributed by atoms with Crippen LogP contribution >= 0.6 is 0 Å². The van der Waals surface area contributed by atoms with Crippen LogP contribution in [-0.4, -0.2) is 43.0 Å². The third-order valence-electron chi connectivity index (χ3n) is 4.21. The van der Waals surface area contributed by atoms with E-state index in [9.17, 15) is 4.79 Å². The van der Waals surface area contributed by atoms with Crippen LogP contribution in [0.1, 0.15) is 22.5 Å². The summed E-state index contributed by atoms with van der Waals surface area (Å²) in [5.41, 5.74) is 1.71. The van der Waals surface area contributed by atoms with E-state index >= 15 is 0 Å². The second kappa shape index (κ2) is 7.34. The molecule has 1 N–H and O–H groups in total. The minimum absolute atomic E-state index is 0.0876. The molecule has 2 aromatic rings. The molecule has 0 aliphatic carbocycles. The average Bonchev–Trinajstić information content (AvgIpc) is 2.81. The molecule has 0 spiro atoms. The van der Waals surface area contributed by atoms with E-state index < -0.39 is 0 Å².